The number of fused-ring (bicyclic) bond motifs is 1. The molecule has 1 heterocycles. The van der Waals surface area contributed by atoms with Crippen LogP contribution in [0.5, 0.6) is 5.75 Å². The summed E-state index contributed by atoms with van der Waals surface area (Å²) >= 11 is 6.13. The molecule has 4 nitrogen and oxygen atoms in total. The summed E-state index contributed by atoms with van der Waals surface area (Å²) in [5, 5.41) is 5.05. The number of aromatic nitrogens is 2. The van der Waals surface area contributed by atoms with E-state index in [0.29, 0.717) is 5.02 Å². The van der Waals surface area contributed by atoms with Crippen molar-refractivity contribution in [2.75, 3.05) is 18.5 Å². The summed E-state index contributed by atoms with van der Waals surface area (Å²) in [6.45, 7) is 3.87. The first-order chi connectivity index (χ1) is 16.3. The molecule has 0 saturated heterocycles. The fourth-order valence-corrected chi connectivity index (χ4v) is 4.20. The van der Waals surface area contributed by atoms with Crippen molar-refractivity contribution in [1.82, 2.24) is 9.97 Å². The molecule has 3 rings (SSSR count). The Kier molecular flexibility index (Phi) is 11.3. The largest absolute Gasteiger partial charge is 0.494 e. The third-order valence-corrected chi connectivity index (χ3v) is 6.23. The second-order valence-corrected chi connectivity index (χ2v) is 9.17. The average Bonchev–Trinajstić information content (AvgIpc) is 2.83. The molecule has 0 bridgehead atoms. The minimum Gasteiger partial charge on any atom is -0.494 e. The van der Waals surface area contributed by atoms with Crippen LogP contribution in [0.3, 0.4) is 0 Å². The molecule has 0 amide bonds. The lowest BCUT2D eigenvalue weighted by Crippen LogP contribution is -2.07. The number of nitrogens with zero attached hydrogens (tertiary/aromatic N) is 2. The lowest BCUT2D eigenvalue weighted by Gasteiger charge is -2.10. The molecule has 33 heavy (non-hydrogen) atoms. The van der Waals surface area contributed by atoms with Gasteiger partial charge in [-0.15, -0.1) is 0 Å². The van der Waals surface area contributed by atoms with Crippen LogP contribution in [-0.2, 0) is 6.42 Å². The third kappa shape index (κ3) is 9.21. The van der Waals surface area contributed by atoms with E-state index in [0.717, 1.165) is 48.5 Å². The molecule has 0 radical (unpaired) electrons. The molecule has 0 aliphatic rings. The highest BCUT2D eigenvalue weighted by Gasteiger charge is 2.04. The molecule has 0 unspecified atom stereocenters. The van der Waals surface area contributed by atoms with Gasteiger partial charge < -0.3 is 10.1 Å². The first-order valence-electron chi connectivity index (χ1n) is 12.6. The summed E-state index contributed by atoms with van der Waals surface area (Å²) in [5.41, 5.74) is 2.16. The van der Waals surface area contributed by atoms with Gasteiger partial charge in [0.1, 0.15) is 17.9 Å². The highest BCUT2D eigenvalue weighted by atomic mass is 35.5. The van der Waals surface area contributed by atoms with E-state index in [1.165, 1.54) is 63.4 Å². The summed E-state index contributed by atoms with van der Waals surface area (Å²) in [6.07, 6.45) is 15.9. The van der Waals surface area contributed by atoms with Crippen LogP contribution in [0.4, 0.5) is 5.82 Å². The smallest absolute Gasteiger partial charge is 0.137 e. The number of ether oxygens (including phenoxy) is 1. The normalized spacial score (nSPS) is 11.1. The molecule has 0 saturated carbocycles. The van der Waals surface area contributed by atoms with E-state index < -0.39 is 0 Å². The molecule has 178 valence electrons. The standard InChI is InChI=1S/C28H38ClN3O/c1-2-3-4-5-6-7-8-9-10-11-20-33-25-15-12-23(13-16-25)18-19-30-28-26-21-24(29)14-17-27(26)31-22-32-28/h12-17,21-22H,2-11,18-20H2,1H3,(H,30,31,32). The van der Waals surface area contributed by atoms with Gasteiger partial charge in [-0.05, 0) is 48.7 Å². The molecule has 5 heteroatoms. The predicted molar refractivity (Wildman–Crippen MR) is 141 cm³/mol. The number of anilines is 1. The Balaban J connectivity index is 1.28. The highest BCUT2D eigenvalue weighted by Crippen LogP contribution is 2.23. The number of halogens is 1. The summed E-state index contributed by atoms with van der Waals surface area (Å²) in [5.74, 6) is 1.78. The third-order valence-electron chi connectivity index (χ3n) is 5.99. The minimum absolute atomic E-state index is 0.689. The van der Waals surface area contributed by atoms with E-state index in [1.54, 1.807) is 6.33 Å². The minimum atomic E-state index is 0.689. The lowest BCUT2D eigenvalue weighted by molar-refractivity contribution is 0.304. The fourth-order valence-electron chi connectivity index (χ4n) is 4.03. The van der Waals surface area contributed by atoms with Gasteiger partial charge in [-0.25, -0.2) is 9.97 Å². The van der Waals surface area contributed by atoms with Crippen molar-refractivity contribution in [3.8, 4) is 5.75 Å². The van der Waals surface area contributed by atoms with Gasteiger partial charge >= 0.3 is 0 Å². The van der Waals surface area contributed by atoms with Gasteiger partial charge in [0.05, 0.1) is 12.1 Å². The van der Waals surface area contributed by atoms with Crippen molar-refractivity contribution in [2.45, 2.75) is 77.6 Å². The van der Waals surface area contributed by atoms with Crippen molar-refractivity contribution >= 4 is 28.3 Å². The van der Waals surface area contributed by atoms with Crippen molar-refractivity contribution in [3.05, 3.63) is 59.4 Å². The number of benzene rings is 2. The quantitative estimate of drug-likeness (QED) is 0.215. The first kappa shape index (κ1) is 25.3. The predicted octanol–water partition coefficient (Wildman–Crippen LogP) is 8.24. The Labute approximate surface area is 204 Å². The maximum Gasteiger partial charge on any atom is 0.137 e. The summed E-state index contributed by atoms with van der Waals surface area (Å²) in [4.78, 5) is 8.67. The van der Waals surface area contributed by atoms with Crippen molar-refractivity contribution < 1.29 is 4.74 Å². The summed E-state index contributed by atoms with van der Waals surface area (Å²) < 4.78 is 5.92. The van der Waals surface area contributed by atoms with E-state index >= 15 is 0 Å². The second-order valence-electron chi connectivity index (χ2n) is 8.73. The maximum absolute atomic E-state index is 6.13. The van der Waals surface area contributed by atoms with Crippen molar-refractivity contribution in [1.29, 1.82) is 0 Å². The number of hydrogen-bond acceptors (Lipinski definition) is 4. The molecular weight excluding hydrogens is 430 g/mol. The molecule has 0 aliphatic carbocycles. The van der Waals surface area contributed by atoms with Gasteiger partial charge in [-0.3, -0.25) is 0 Å². The van der Waals surface area contributed by atoms with Crippen LogP contribution in [-0.4, -0.2) is 23.1 Å². The number of unbranched alkanes of at least 4 members (excludes halogenated alkanes) is 9. The van der Waals surface area contributed by atoms with Gasteiger partial charge in [-0.2, -0.15) is 0 Å². The van der Waals surface area contributed by atoms with Crippen LogP contribution in [0.2, 0.25) is 5.02 Å². The Morgan fingerprint density at radius 3 is 2.24 bits per heavy atom. The SMILES string of the molecule is CCCCCCCCCCCCOc1ccc(CCNc2ncnc3ccc(Cl)cc23)cc1. The first-order valence-corrected chi connectivity index (χ1v) is 13.0. The molecule has 1 aromatic heterocycles. The van der Waals surface area contributed by atoms with Crippen LogP contribution in [0.15, 0.2) is 48.8 Å². The van der Waals surface area contributed by atoms with Crippen LogP contribution >= 0.6 is 11.6 Å². The van der Waals surface area contributed by atoms with E-state index in [4.69, 9.17) is 16.3 Å². The van der Waals surface area contributed by atoms with Crippen molar-refractivity contribution in [2.24, 2.45) is 0 Å². The molecule has 0 fully saturated rings. The Morgan fingerprint density at radius 2 is 1.52 bits per heavy atom. The molecule has 0 aliphatic heterocycles. The van der Waals surface area contributed by atoms with Gasteiger partial charge in [0.2, 0.25) is 0 Å². The van der Waals surface area contributed by atoms with Crippen molar-refractivity contribution in [3.63, 3.8) is 0 Å². The van der Waals surface area contributed by atoms with E-state index in [9.17, 15) is 0 Å². The van der Waals surface area contributed by atoms with Crippen LogP contribution < -0.4 is 10.1 Å². The van der Waals surface area contributed by atoms with E-state index in [-0.39, 0.29) is 0 Å². The fraction of sp³-hybridized carbons (Fsp3) is 0.500. The number of nitrogens with one attached hydrogen (secondary N) is 1. The number of rotatable bonds is 16. The zero-order valence-corrected chi connectivity index (χ0v) is 20.7. The monoisotopic (exact) mass is 467 g/mol. The molecule has 2 aromatic carbocycles. The lowest BCUT2D eigenvalue weighted by atomic mass is 10.1. The highest BCUT2D eigenvalue weighted by molar-refractivity contribution is 6.31. The van der Waals surface area contributed by atoms with E-state index in [2.05, 4.69) is 46.5 Å². The second kappa shape index (κ2) is 14.7. The Morgan fingerprint density at radius 1 is 0.818 bits per heavy atom. The molecule has 3 aromatic rings. The number of hydrogen-bond donors (Lipinski definition) is 1. The maximum atomic E-state index is 6.13. The van der Waals surface area contributed by atoms with Crippen LogP contribution in [0.1, 0.15) is 76.7 Å². The summed E-state index contributed by atoms with van der Waals surface area (Å²) in [7, 11) is 0. The van der Waals surface area contributed by atoms with Crippen LogP contribution in [0.25, 0.3) is 10.9 Å². The molecule has 0 atom stereocenters. The topological polar surface area (TPSA) is 47.0 Å². The van der Waals surface area contributed by atoms with E-state index in [1.807, 2.05) is 18.2 Å². The average molecular weight is 468 g/mol. The molecular formula is C28H38ClN3O. The van der Waals surface area contributed by atoms with Crippen LogP contribution in [0, 0.1) is 0 Å². The Bertz CT molecular complexity index is 946. The van der Waals surface area contributed by atoms with Gasteiger partial charge in [-0.1, -0.05) is 88.4 Å². The zero-order chi connectivity index (χ0) is 23.1. The van der Waals surface area contributed by atoms with Gasteiger partial charge in [0, 0.05) is 17.0 Å². The summed E-state index contributed by atoms with van der Waals surface area (Å²) in [6, 6.07) is 14.1. The van der Waals surface area contributed by atoms with Gasteiger partial charge in [0.15, 0.2) is 0 Å². The molecule has 0 spiro atoms. The Hall–Kier alpha value is -2.33. The molecule has 1 N–H and O–H groups in total. The zero-order valence-electron chi connectivity index (χ0n) is 20.0. The van der Waals surface area contributed by atoms with Gasteiger partial charge in [0.25, 0.3) is 0 Å².